The number of alkyl halides is 1. The van der Waals surface area contributed by atoms with Gasteiger partial charge < -0.3 is 29.7 Å². The number of rotatable bonds is 20. The summed E-state index contributed by atoms with van der Waals surface area (Å²) in [4.78, 5) is 88.3. The summed E-state index contributed by atoms with van der Waals surface area (Å²) in [6.07, 6.45) is 14.3. The van der Waals surface area contributed by atoms with E-state index >= 15 is 0 Å². The zero-order chi connectivity index (χ0) is 46.9. The number of piperazine rings is 1. The van der Waals surface area contributed by atoms with Gasteiger partial charge in [0.1, 0.15) is 18.0 Å². The van der Waals surface area contributed by atoms with Crippen LogP contribution in [0.3, 0.4) is 0 Å². The standard InChI is InChI=1S/C52H64ClN7O7/c1-67-52(66)44-32-39-37-16-11-12-18-42(37)55-47(39)48(60(44)46(62)33-53)35-20-22-36(23-21-35)50(64)58-30-28-57(29-31-58)27-14-10-8-6-4-2-3-5-7-9-13-26-54-41-19-15-17-38-40(41)34-59(51(38)65)43-24-25-45(61)56-49(43)63/h11-12,15-23,43-44,48,54-55H,2-10,13-14,24-34H2,1H3,(H,56,61,63). The highest BCUT2D eigenvalue weighted by molar-refractivity contribution is 6.27. The predicted octanol–water partition coefficient (Wildman–Crippen LogP) is 7.34. The zero-order valence-electron chi connectivity index (χ0n) is 38.7. The molecule has 0 aliphatic carbocycles. The molecular formula is C52H64ClN7O7. The van der Waals surface area contributed by atoms with E-state index in [1.54, 1.807) is 4.90 Å². The van der Waals surface area contributed by atoms with Crippen LogP contribution in [0, 0.1) is 0 Å². The van der Waals surface area contributed by atoms with Crippen LogP contribution in [0.15, 0.2) is 66.7 Å². The second kappa shape index (κ2) is 22.4. The van der Waals surface area contributed by atoms with Crippen molar-refractivity contribution in [2.45, 2.75) is 115 Å². The Morgan fingerprint density at radius 3 is 2.16 bits per heavy atom. The molecule has 4 aromatic rings. The number of carbonyl (C=O) groups is 6. The minimum absolute atomic E-state index is 0.00688. The third kappa shape index (κ3) is 10.9. The van der Waals surface area contributed by atoms with Gasteiger partial charge in [-0.3, -0.25) is 34.2 Å². The van der Waals surface area contributed by atoms with E-state index in [9.17, 15) is 28.8 Å². The number of aromatic amines is 1. The van der Waals surface area contributed by atoms with Crippen molar-refractivity contribution in [1.29, 1.82) is 0 Å². The lowest BCUT2D eigenvalue weighted by molar-refractivity contribution is -0.154. The molecule has 15 heteroatoms. The Kier molecular flexibility index (Phi) is 15.9. The number of unbranched alkanes of at least 4 members (excludes halogenated alkanes) is 10. The minimum atomic E-state index is -0.842. The zero-order valence-corrected chi connectivity index (χ0v) is 39.4. The van der Waals surface area contributed by atoms with Crippen molar-refractivity contribution in [2.75, 3.05) is 57.6 Å². The molecule has 3 unspecified atom stereocenters. The van der Waals surface area contributed by atoms with Gasteiger partial charge in [0, 0.05) is 91.1 Å². The molecular weight excluding hydrogens is 870 g/mol. The number of amides is 5. The van der Waals surface area contributed by atoms with E-state index in [-0.39, 0.29) is 41.8 Å². The fraction of sp³-hybridized carbons (Fsp3) is 0.500. The second-order valence-electron chi connectivity index (χ2n) is 18.4. The number of para-hydroxylation sites is 1. The number of imide groups is 1. The quantitative estimate of drug-likeness (QED) is 0.0356. The number of esters is 1. The van der Waals surface area contributed by atoms with E-state index in [4.69, 9.17) is 16.3 Å². The largest absolute Gasteiger partial charge is 0.467 e. The Labute approximate surface area is 398 Å². The fourth-order valence-corrected chi connectivity index (χ4v) is 10.7. The van der Waals surface area contributed by atoms with Crippen molar-refractivity contribution in [2.24, 2.45) is 0 Å². The van der Waals surface area contributed by atoms with Crippen LogP contribution in [0.2, 0.25) is 0 Å². The fourth-order valence-electron chi connectivity index (χ4n) is 10.5. The maximum atomic E-state index is 13.7. The normalized spacial score (nSPS) is 19.6. The summed E-state index contributed by atoms with van der Waals surface area (Å²) in [5.41, 5.74) is 6.60. The van der Waals surface area contributed by atoms with Gasteiger partial charge in [-0.25, -0.2) is 4.79 Å². The van der Waals surface area contributed by atoms with Gasteiger partial charge in [0.2, 0.25) is 17.7 Å². The minimum Gasteiger partial charge on any atom is -0.467 e. The van der Waals surface area contributed by atoms with Crippen molar-refractivity contribution in [1.82, 2.24) is 29.9 Å². The van der Waals surface area contributed by atoms with E-state index in [0.717, 1.165) is 78.0 Å². The predicted molar refractivity (Wildman–Crippen MR) is 258 cm³/mol. The van der Waals surface area contributed by atoms with Gasteiger partial charge in [0.25, 0.3) is 11.8 Å². The number of hydrogen-bond acceptors (Lipinski definition) is 9. The average molecular weight is 935 g/mol. The third-order valence-electron chi connectivity index (χ3n) is 14.2. The highest BCUT2D eigenvalue weighted by atomic mass is 35.5. The first kappa shape index (κ1) is 47.8. The third-order valence-corrected chi connectivity index (χ3v) is 14.4. The summed E-state index contributed by atoms with van der Waals surface area (Å²) in [6, 6.07) is 19.0. The van der Waals surface area contributed by atoms with Crippen LogP contribution in [0.5, 0.6) is 0 Å². The van der Waals surface area contributed by atoms with Crippen molar-refractivity contribution in [3.05, 3.63) is 100 Å². The molecule has 3 N–H and O–H groups in total. The number of piperidine rings is 1. The molecule has 0 bridgehead atoms. The van der Waals surface area contributed by atoms with Crippen molar-refractivity contribution in [3.8, 4) is 0 Å². The lowest BCUT2D eigenvalue weighted by Crippen LogP contribution is -2.52. The van der Waals surface area contributed by atoms with Gasteiger partial charge in [-0.05, 0) is 67.3 Å². The number of carbonyl (C=O) groups excluding carboxylic acids is 6. The van der Waals surface area contributed by atoms with Gasteiger partial charge in [0.15, 0.2) is 0 Å². The number of anilines is 1. The lowest BCUT2D eigenvalue weighted by atomic mass is 9.87. The number of benzene rings is 3. The van der Waals surface area contributed by atoms with Crippen LogP contribution in [-0.4, -0.2) is 124 Å². The molecule has 14 nitrogen and oxygen atoms in total. The molecule has 8 rings (SSSR count). The number of nitrogens with zero attached hydrogens (tertiary/aromatic N) is 4. The smallest absolute Gasteiger partial charge is 0.328 e. The molecule has 4 aliphatic heterocycles. The second-order valence-corrected chi connectivity index (χ2v) is 18.7. The summed E-state index contributed by atoms with van der Waals surface area (Å²) in [6.45, 7) is 5.35. The van der Waals surface area contributed by atoms with Crippen LogP contribution in [0.25, 0.3) is 10.9 Å². The number of H-pyrrole nitrogens is 1. The number of nitrogens with one attached hydrogen (secondary N) is 3. The summed E-state index contributed by atoms with van der Waals surface area (Å²) in [5, 5.41) is 6.89. The van der Waals surface area contributed by atoms with Crippen LogP contribution >= 0.6 is 11.6 Å². The highest BCUT2D eigenvalue weighted by Crippen LogP contribution is 2.41. The summed E-state index contributed by atoms with van der Waals surface area (Å²) in [7, 11) is 1.33. The Morgan fingerprint density at radius 1 is 0.791 bits per heavy atom. The van der Waals surface area contributed by atoms with Crippen molar-refractivity contribution in [3.63, 3.8) is 0 Å². The summed E-state index contributed by atoms with van der Waals surface area (Å²) < 4.78 is 5.16. The molecule has 5 heterocycles. The highest BCUT2D eigenvalue weighted by Gasteiger charge is 2.44. The number of halogens is 1. The van der Waals surface area contributed by atoms with Gasteiger partial charge in [0.05, 0.1) is 13.2 Å². The number of ether oxygens (including phenoxy) is 1. The van der Waals surface area contributed by atoms with Crippen molar-refractivity contribution >= 4 is 63.7 Å². The van der Waals surface area contributed by atoms with Gasteiger partial charge in [-0.1, -0.05) is 94.2 Å². The maximum absolute atomic E-state index is 13.7. The van der Waals surface area contributed by atoms with E-state index in [0.29, 0.717) is 43.6 Å². The van der Waals surface area contributed by atoms with E-state index in [2.05, 4.69) is 20.5 Å². The van der Waals surface area contributed by atoms with E-state index < -0.39 is 24.1 Å². The van der Waals surface area contributed by atoms with Crippen LogP contribution in [0.1, 0.15) is 133 Å². The topological polar surface area (TPSA) is 164 Å². The first-order chi connectivity index (χ1) is 32.7. The van der Waals surface area contributed by atoms with Crippen molar-refractivity contribution < 1.29 is 33.5 Å². The molecule has 3 aromatic carbocycles. The molecule has 67 heavy (non-hydrogen) atoms. The van der Waals surface area contributed by atoms with Gasteiger partial charge >= 0.3 is 5.97 Å². The average Bonchev–Trinajstić information content (AvgIpc) is 3.90. The monoisotopic (exact) mass is 933 g/mol. The van der Waals surface area contributed by atoms with Gasteiger partial charge in [-0.15, -0.1) is 11.6 Å². The molecule has 3 atom stereocenters. The number of aromatic nitrogens is 1. The molecule has 2 saturated heterocycles. The Bertz CT molecular complexity index is 2430. The first-order valence-corrected chi connectivity index (χ1v) is 24.9. The molecule has 4 aliphatic rings. The molecule has 0 radical (unpaired) electrons. The van der Waals surface area contributed by atoms with Crippen LogP contribution < -0.4 is 10.6 Å². The van der Waals surface area contributed by atoms with E-state index in [1.165, 1.54) is 69.8 Å². The molecule has 1 aromatic heterocycles. The molecule has 2 fully saturated rings. The Hall–Kier alpha value is -5.73. The van der Waals surface area contributed by atoms with E-state index in [1.807, 2.05) is 71.6 Å². The summed E-state index contributed by atoms with van der Waals surface area (Å²) >= 11 is 6.12. The Morgan fingerprint density at radius 2 is 1.48 bits per heavy atom. The lowest BCUT2D eigenvalue weighted by Gasteiger charge is -2.40. The number of methoxy groups -OCH3 is 1. The first-order valence-electron chi connectivity index (χ1n) is 24.3. The SMILES string of the molecule is COC(=O)C1Cc2c([nH]c3ccccc23)C(c2ccc(C(=O)N3CCN(CCCCCCCCCCCCCNc4cccc5c4CN(C4CCC(=O)NC4=O)C5=O)CC3)cc2)N1C(=O)CCl. The van der Waals surface area contributed by atoms with Crippen LogP contribution in [0.4, 0.5) is 5.69 Å². The molecule has 0 saturated carbocycles. The van der Waals surface area contributed by atoms with Gasteiger partial charge in [-0.2, -0.15) is 0 Å². The van der Waals surface area contributed by atoms with Crippen LogP contribution in [-0.2, 0) is 36.9 Å². The molecule has 356 valence electrons. The molecule has 0 spiro atoms. The number of fused-ring (bicyclic) bond motifs is 4. The molecule has 5 amide bonds. The Balaban J connectivity index is 0.687. The maximum Gasteiger partial charge on any atom is 0.328 e. The number of hydrogen-bond donors (Lipinski definition) is 3. The summed E-state index contributed by atoms with van der Waals surface area (Å²) in [5.74, 6) is -1.97.